The number of rotatable bonds is 23. The summed E-state index contributed by atoms with van der Waals surface area (Å²) in [5.41, 5.74) is 8.38. The number of anilines is 4. The topological polar surface area (TPSA) is 160 Å². The van der Waals surface area contributed by atoms with E-state index in [2.05, 4.69) is 59.9 Å². The third-order valence-electron chi connectivity index (χ3n) is 13.4. The fraction of sp³-hybridized carbons (Fsp3) is 0.375. The third kappa shape index (κ3) is 11.8. The zero-order chi connectivity index (χ0) is 50.9. The first-order valence-corrected chi connectivity index (χ1v) is 26.8. The summed E-state index contributed by atoms with van der Waals surface area (Å²) in [6.45, 7) is 8.63. The number of fused-ring (bicyclic) bond motifs is 5. The molecule has 5 aromatic carbocycles. The lowest BCUT2D eigenvalue weighted by atomic mass is 10.1. The number of methoxy groups -OCH3 is 2. The van der Waals surface area contributed by atoms with E-state index in [0.717, 1.165) is 47.9 Å². The number of likely N-dealkylation sites (N-methyl/N-ethyl adjacent to an activating group) is 1. The highest BCUT2D eigenvalue weighted by atomic mass is 33.1. The lowest BCUT2D eigenvalue weighted by Crippen LogP contribution is -2.37. The molecule has 0 saturated heterocycles. The number of amides is 3. The van der Waals surface area contributed by atoms with Crippen molar-refractivity contribution >= 4 is 80.2 Å². The molecule has 3 amide bonds. The van der Waals surface area contributed by atoms with Crippen molar-refractivity contribution < 1.29 is 38.1 Å². The highest BCUT2D eigenvalue weighted by molar-refractivity contribution is 8.77. The van der Waals surface area contributed by atoms with Crippen LogP contribution in [-0.4, -0.2) is 86.7 Å². The van der Waals surface area contributed by atoms with Crippen LogP contribution in [0.15, 0.2) is 96.0 Å². The number of benzene rings is 5. The number of aldehydes is 1. The highest BCUT2D eigenvalue weighted by Crippen LogP contribution is 2.42. The van der Waals surface area contributed by atoms with Crippen LogP contribution in [0.4, 0.5) is 28.4 Å². The molecule has 2 atom stereocenters. The van der Waals surface area contributed by atoms with Gasteiger partial charge >= 0.3 is 0 Å². The van der Waals surface area contributed by atoms with Crippen LogP contribution >= 0.6 is 21.6 Å². The van der Waals surface area contributed by atoms with Crippen molar-refractivity contribution in [2.24, 2.45) is 4.99 Å². The zero-order valence-corrected chi connectivity index (χ0v) is 43.7. The van der Waals surface area contributed by atoms with Gasteiger partial charge in [-0.25, -0.2) is 0 Å². The van der Waals surface area contributed by atoms with Crippen molar-refractivity contribution in [2.75, 3.05) is 54.0 Å². The SMILES string of the molecule is CCC(CC)NC(=O)CCCSSC(C)(C)C(=O)Nc1cc(COc2cc3c(cc2OC)C(=O)N2c4ccccc4C[C@H]2C=N3)cc(COc2cc(NCC3Cc4ccccc4N3C)c(C=O)cc2OC)c1. The Labute approximate surface area is 430 Å². The van der Waals surface area contributed by atoms with Gasteiger partial charge in [-0.1, -0.05) is 71.8 Å². The molecular formula is C56H64N6O8S2. The van der Waals surface area contributed by atoms with Crippen LogP contribution in [0, 0.1) is 0 Å². The molecule has 16 heteroatoms. The van der Waals surface area contributed by atoms with E-state index in [9.17, 15) is 19.2 Å². The number of carbonyl (C=O) groups excluding carboxylic acids is 4. The summed E-state index contributed by atoms with van der Waals surface area (Å²) in [6, 6.07) is 29.0. The Hall–Kier alpha value is -6.65. The molecule has 3 heterocycles. The minimum absolute atomic E-state index is 0.0541. The van der Waals surface area contributed by atoms with E-state index in [0.29, 0.717) is 82.7 Å². The Morgan fingerprint density at radius 2 is 1.50 bits per heavy atom. The average Bonchev–Trinajstić information content (AvgIpc) is 3.89. The van der Waals surface area contributed by atoms with Crippen molar-refractivity contribution in [1.29, 1.82) is 0 Å². The van der Waals surface area contributed by atoms with E-state index in [1.54, 1.807) is 40.0 Å². The maximum Gasteiger partial charge on any atom is 0.261 e. The van der Waals surface area contributed by atoms with E-state index < -0.39 is 4.75 Å². The van der Waals surface area contributed by atoms with Gasteiger partial charge in [0, 0.05) is 84.9 Å². The molecule has 0 aromatic heterocycles. The third-order valence-corrected chi connectivity index (χ3v) is 16.7. The van der Waals surface area contributed by atoms with E-state index in [1.165, 1.54) is 36.3 Å². The number of carbonyl (C=O) groups is 4. The number of nitrogens with zero attached hydrogens (tertiary/aromatic N) is 3. The zero-order valence-electron chi connectivity index (χ0n) is 42.0. The second kappa shape index (κ2) is 23.3. The second-order valence-corrected chi connectivity index (χ2v) is 21.8. The molecule has 0 radical (unpaired) electrons. The molecular weight excluding hydrogens is 949 g/mol. The Morgan fingerprint density at radius 1 is 0.847 bits per heavy atom. The molecule has 5 aromatic rings. The summed E-state index contributed by atoms with van der Waals surface area (Å²) in [5, 5.41) is 9.73. The monoisotopic (exact) mass is 1010 g/mol. The minimum Gasteiger partial charge on any atom is -0.493 e. The molecule has 72 heavy (non-hydrogen) atoms. The summed E-state index contributed by atoms with van der Waals surface area (Å²) in [6.07, 6.45) is 7.11. The Bertz CT molecular complexity index is 2830. The number of ether oxygens (including phenoxy) is 4. The van der Waals surface area contributed by atoms with Crippen LogP contribution in [0.1, 0.15) is 96.3 Å². The molecule has 0 aliphatic carbocycles. The first-order chi connectivity index (χ1) is 34.8. The van der Waals surface area contributed by atoms with Gasteiger partial charge in [0.2, 0.25) is 11.8 Å². The fourth-order valence-electron chi connectivity index (χ4n) is 9.26. The van der Waals surface area contributed by atoms with Crippen LogP contribution in [0.25, 0.3) is 0 Å². The molecule has 0 bridgehead atoms. The minimum atomic E-state index is -0.830. The van der Waals surface area contributed by atoms with Gasteiger partial charge in [0.25, 0.3) is 5.91 Å². The lowest BCUT2D eigenvalue weighted by molar-refractivity contribution is -0.122. The molecule has 3 N–H and O–H groups in total. The van der Waals surface area contributed by atoms with Crippen molar-refractivity contribution in [3.05, 3.63) is 124 Å². The van der Waals surface area contributed by atoms with Crippen molar-refractivity contribution in [3.63, 3.8) is 0 Å². The summed E-state index contributed by atoms with van der Waals surface area (Å²) < 4.78 is 23.7. The van der Waals surface area contributed by atoms with Gasteiger partial charge in [0.05, 0.1) is 42.3 Å². The van der Waals surface area contributed by atoms with Crippen molar-refractivity contribution in [2.45, 2.75) is 102 Å². The first-order valence-electron chi connectivity index (χ1n) is 24.5. The number of aliphatic imine (C=N–C) groups is 1. The fourth-order valence-corrected chi connectivity index (χ4v) is 11.7. The molecule has 3 aliphatic heterocycles. The molecule has 1 unspecified atom stereocenters. The van der Waals surface area contributed by atoms with Gasteiger partial charge in [-0.2, -0.15) is 0 Å². The van der Waals surface area contributed by atoms with Gasteiger partial charge in [-0.15, -0.1) is 0 Å². The quantitative estimate of drug-likeness (QED) is 0.0323. The highest BCUT2D eigenvalue weighted by Gasteiger charge is 2.37. The van der Waals surface area contributed by atoms with E-state index in [-0.39, 0.29) is 49.1 Å². The molecule has 8 rings (SSSR count). The maximum atomic E-state index is 14.1. The molecule has 0 saturated carbocycles. The van der Waals surface area contributed by atoms with Crippen LogP contribution < -0.4 is 44.7 Å². The Balaban J connectivity index is 1.00. The summed E-state index contributed by atoms with van der Waals surface area (Å²) in [4.78, 5) is 61.8. The predicted molar refractivity (Wildman–Crippen MR) is 291 cm³/mol. The van der Waals surface area contributed by atoms with Gasteiger partial charge < -0.3 is 39.8 Å². The maximum absolute atomic E-state index is 14.1. The van der Waals surface area contributed by atoms with E-state index in [1.807, 2.05) is 68.6 Å². The van der Waals surface area contributed by atoms with E-state index in [4.69, 9.17) is 23.9 Å². The van der Waals surface area contributed by atoms with E-state index >= 15 is 0 Å². The largest absolute Gasteiger partial charge is 0.493 e. The van der Waals surface area contributed by atoms with Crippen molar-refractivity contribution in [1.82, 2.24) is 5.32 Å². The number of nitrogens with one attached hydrogen (secondary N) is 3. The predicted octanol–water partition coefficient (Wildman–Crippen LogP) is 10.6. The normalized spacial score (nSPS) is 15.5. The molecule has 14 nitrogen and oxygen atoms in total. The molecule has 0 spiro atoms. The van der Waals surface area contributed by atoms with Crippen molar-refractivity contribution in [3.8, 4) is 23.0 Å². The Kier molecular flexibility index (Phi) is 16.7. The first kappa shape index (κ1) is 51.7. The number of para-hydroxylation sites is 2. The summed E-state index contributed by atoms with van der Waals surface area (Å²) in [5.74, 6) is 1.99. The molecule has 3 aliphatic rings. The lowest BCUT2D eigenvalue weighted by Gasteiger charge is -2.24. The standard InChI is InChI=1S/C56H64N6O8S2/c1-8-40(9-2)59-53(64)19-14-20-71-72-56(3,4)55(66)60-41-22-35(33-69-51-28-45(39(32-63)26-49(51)67-6)57-30-42-24-37-15-10-12-17-47(37)61(42)5)21-36(23-41)34-70-52-29-46-44(27-50(52)68-7)54(65)62-43(31-58-46)25-38-16-11-13-18-48(38)62/h10-13,15-18,21-23,26-29,31-32,40,42-43,57H,8-9,14,19-20,24-25,30,33-34H2,1-7H3,(H,59,64)(H,60,66)/t42?,43-/m0/s1. The van der Waals surface area contributed by atoms with Crippen LogP contribution in [0.5, 0.6) is 23.0 Å². The van der Waals surface area contributed by atoms with Gasteiger partial charge in [0.1, 0.15) is 13.2 Å². The summed E-state index contributed by atoms with van der Waals surface area (Å²) >= 11 is 0. The van der Waals surface area contributed by atoms with Crippen LogP contribution in [0.2, 0.25) is 0 Å². The second-order valence-electron chi connectivity index (χ2n) is 18.7. The van der Waals surface area contributed by atoms with Crippen LogP contribution in [0.3, 0.4) is 0 Å². The Morgan fingerprint density at radius 3 is 2.17 bits per heavy atom. The van der Waals surface area contributed by atoms with Gasteiger partial charge in [-0.05, 0) is 104 Å². The van der Waals surface area contributed by atoms with Gasteiger partial charge in [0.15, 0.2) is 29.3 Å². The molecule has 378 valence electrons. The molecule has 0 fully saturated rings. The number of hydrogen-bond donors (Lipinski definition) is 3. The van der Waals surface area contributed by atoms with Crippen LogP contribution in [-0.2, 0) is 35.6 Å². The number of hydrogen-bond acceptors (Lipinski definition) is 13. The average molecular weight is 1010 g/mol. The smallest absolute Gasteiger partial charge is 0.261 e. The van der Waals surface area contributed by atoms with Gasteiger partial charge in [-0.3, -0.25) is 29.1 Å². The summed E-state index contributed by atoms with van der Waals surface area (Å²) in [7, 11) is 8.18.